The number of nitrogens with one attached hydrogen (secondary N) is 1. The maximum Gasteiger partial charge on any atom is 0.255 e. The zero-order valence-electron chi connectivity index (χ0n) is 16.1. The monoisotopic (exact) mass is 379 g/mol. The Morgan fingerprint density at radius 2 is 2.04 bits per heavy atom. The highest BCUT2D eigenvalue weighted by Crippen LogP contribution is 2.42. The van der Waals surface area contributed by atoms with Crippen molar-refractivity contribution in [3.8, 4) is 5.69 Å². The Morgan fingerprint density at radius 1 is 1.25 bits per heavy atom. The molecule has 0 radical (unpaired) electrons. The van der Waals surface area contributed by atoms with E-state index in [1.165, 1.54) is 12.8 Å². The second-order valence-corrected chi connectivity index (χ2v) is 8.78. The Morgan fingerprint density at radius 3 is 2.79 bits per heavy atom. The molecule has 28 heavy (non-hydrogen) atoms. The molecule has 4 aliphatic rings. The molecule has 3 atom stereocenters. The van der Waals surface area contributed by atoms with Gasteiger partial charge in [-0.05, 0) is 24.8 Å². The maximum absolute atomic E-state index is 12.5. The van der Waals surface area contributed by atoms with Crippen LogP contribution in [0.1, 0.15) is 47.4 Å². The first-order valence-corrected chi connectivity index (χ1v) is 10.4. The van der Waals surface area contributed by atoms with Gasteiger partial charge in [0, 0.05) is 48.8 Å². The highest BCUT2D eigenvalue weighted by Gasteiger charge is 2.38. The third-order valence-corrected chi connectivity index (χ3v) is 6.92. The third-order valence-electron chi connectivity index (χ3n) is 6.92. The van der Waals surface area contributed by atoms with Crippen LogP contribution in [0.2, 0.25) is 0 Å². The summed E-state index contributed by atoms with van der Waals surface area (Å²) < 4.78 is 7.46. The van der Waals surface area contributed by atoms with Crippen LogP contribution in [0.15, 0.2) is 18.3 Å². The number of carbonyl (C=O) groups excluding carboxylic acids is 1. The molecule has 0 bridgehead atoms. The normalized spacial score (nSPS) is 27.0. The van der Waals surface area contributed by atoms with E-state index in [4.69, 9.17) is 14.8 Å². The molecule has 2 saturated heterocycles. The molecule has 6 rings (SSSR count). The number of carbonyl (C=O) groups is 1. The van der Waals surface area contributed by atoms with Crippen LogP contribution in [-0.4, -0.2) is 47.0 Å². The van der Waals surface area contributed by atoms with Crippen molar-refractivity contribution in [2.45, 2.75) is 32.2 Å². The third kappa shape index (κ3) is 2.56. The van der Waals surface area contributed by atoms with Gasteiger partial charge >= 0.3 is 0 Å². The molecule has 2 aromatic rings. The Balaban J connectivity index is 1.36. The first-order valence-electron chi connectivity index (χ1n) is 10.4. The van der Waals surface area contributed by atoms with Gasteiger partial charge in [-0.1, -0.05) is 6.92 Å². The van der Waals surface area contributed by atoms with Gasteiger partial charge in [0.25, 0.3) is 5.91 Å². The summed E-state index contributed by atoms with van der Waals surface area (Å²) in [7, 11) is 0. The van der Waals surface area contributed by atoms with Gasteiger partial charge in [0.1, 0.15) is 0 Å². The van der Waals surface area contributed by atoms with Gasteiger partial charge in [-0.2, -0.15) is 5.10 Å². The summed E-state index contributed by atoms with van der Waals surface area (Å²) in [6.45, 7) is 6.49. The van der Waals surface area contributed by atoms with Crippen molar-refractivity contribution in [3.05, 3.63) is 35.3 Å². The number of pyridine rings is 1. The lowest BCUT2D eigenvalue weighted by molar-refractivity contribution is 0.0965. The smallest absolute Gasteiger partial charge is 0.255 e. The van der Waals surface area contributed by atoms with Crippen molar-refractivity contribution in [2.75, 3.05) is 31.2 Å². The van der Waals surface area contributed by atoms with E-state index in [0.717, 1.165) is 55.1 Å². The van der Waals surface area contributed by atoms with Gasteiger partial charge in [0.2, 0.25) is 0 Å². The van der Waals surface area contributed by atoms with Crippen LogP contribution in [0, 0.1) is 17.8 Å². The minimum Gasteiger partial charge on any atom is -0.381 e. The highest BCUT2D eigenvalue weighted by molar-refractivity contribution is 6.01. The van der Waals surface area contributed by atoms with Crippen LogP contribution in [0.5, 0.6) is 0 Å². The van der Waals surface area contributed by atoms with Crippen LogP contribution in [0.25, 0.3) is 5.69 Å². The molecule has 7 nitrogen and oxygen atoms in total. The second kappa shape index (κ2) is 6.04. The lowest BCUT2D eigenvalue weighted by atomic mass is 9.99. The molecular formula is C21H25N5O2. The summed E-state index contributed by atoms with van der Waals surface area (Å²) in [5.74, 6) is 3.32. The fraction of sp³-hybridized carbons (Fsp3) is 0.571. The molecule has 3 unspecified atom stereocenters. The largest absolute Gasteiger partial charge is 0.381 e. The number of hydrogen-bond donors (Lipinski definition) is 1. The highest BCUT2D eigenvalue weighted by atomic mass is 16.5. The number of hydrogen-bond acceptors (Lipinski definition) is 5. The lowest BCUT2D eigenvalue weighted by Gasteiger charge is -2.17. The fourth-order valence-electron chi connectivity index (χ4n) is 4.97. The number of rotatable bonds is 4. The van der Waals surface area contributed by atoms with Crippen molar-refractivity contribution in [2.24, 2.45) is 17.8 Å². The number of fused-ring (bicyclic) bond motifs is 2. The molecule has 146 valence electrons. The minimum absolute atomic E-state index is 0.0481. The molecule has 0 spiro atoms. The van der Waals surface area contributed by atoms with Crippen molar-refractivity contribution in [3.63, 3.8) is 0 Å². The van der Waals surface area contributed by atoms with Gasteiger partial charge in [0.15, 0.2) is 5.82 Å². The minimum atomic E-state index is -0.0481. The standard InChI is InChI=1S/C21H25N5O2/c1-12(13-2-3-13)16-6-18(20-17(23-16)7-22-21(20)27)26-5-4-19(24-26)25-8-14-10-28-11-15(14)9-25/h4-6,12-15H,2-3,7-11H2,1H3,(H,22,27). The summed E-state index contributed by atoms with van der Waals surface area (Å²) in [5, 5.41) is 7.78. The molecule has 1 aliphatic carbocycles. The van der Waals surface area contributed by atoms with Crippen LogP contribution in [0.4, 0.5) is 5.82 Å². The first-order chi connectivity index (χ1) is 13.7. The zero-order valence-corrected chi connectivity index (χ0v) is 16.1. The van der Waals surface area contributed by atoms with E-state index >= 15 is 0 Å². The zero-order chi connectivity index (χ0) is 18.8. The quantitative estimate of drug-likeness (QED) is 0.881. The number of nitrogens with zero attached hydrogens (tertiary/aromatic N) is 4. The average molecular weight is 379 g/mol. The van der Waals surface area contributed by atoms with Gasteiger partial charge in [0.05, 0.1) is 36.7 Å². The van der Waals surface area contributed by atoms with E-state index in [1.54, 1.807) is 0 Å². The molecular weight excluding hydrogens is 354 g/mol. The van der Waals surface area contributed by atoms with E-state index in [0.29, 0.717) is 29.9 Å². The number of ether oxygens (including phenoxy) is 1. The van der Waals surface area contributed by atoms with Crippen LogP contribution >= 0.6 is 0 Å². The molecule has 1 amide bonds. The lowest BCUT2D eigenvalue weighted by Crippen LogP contribution is -2.23. The average Bonchev–Trinajstić information content (AvgIpc) is 3.05. The van der Waals surface area contributed by atoms with Crippen molar-refractivity contribution >= 4 is 11.7 Å². The topological polar surface area (TPSA) is 72.3 Å². The van der Waals surface area contributed by atoms with Gasteiger partial charge in [-0.25, -0.2) is 4.68 Å². The van der Waals surface area contributed by atoms with E-state index in [2.05, 4.69) is 29.3 Å². The summed E-state index contributed by atoms with van der Waals surface area (Å²) >= 11 is 0. The summed E-state index contributed by atoms with van der Waals surface area (Å²) in [4.78, 5) is 19.6. The molecule has 3 fully saturated rings. The Labute approximate surface area is 164 Å². The Bertz CT molecular complexity index is 938. The predicted molar refractivity (Wildman–Crippen MR) is 104 cm³/mol. The summed E-state index contributed by atoms with van der Waals surface area (Å²) in [6, 6.07) is 4.14. The van der Waals surface area contributed by atoms with Crippen LogP contribution < -0.4 is 10.2 Å². The Kier molecular flexibility index (Phi) is 3.57. The molecule has 3 aliphatic heterocycles. The molecule has 7 heteroatoms. The van der Waals surface area contributed by atoms with Crippen molar-refractivity contribution < 1.29 is 9.53 Å². The molecule has 1 N–H and O–H groups in total. The second-order valence-electron chi connectivity index (χ2n) is 8.78. The summed E-state index contributed by atoms with van der Waals surface area (Å²) in [5.41, 5.74) is 3.47. The fourth-order valence-corrected chi connectivity index (χ4v) is 4.97. The molecule has 5 heterocycles. The number of aromatic nitrogens is 3. The first kappa shape index (κ1) is 16.5. The van der Waals surface area contributed by atoms with E-state index in [9.17, 15) is 4.79 Å². The van der Waals surface area contributed by atoms with Crippen LogP contribution in [0.3, 0.4) is 0 Å². The molecule has 2 aromatic heterocycles. The van der Waals surface area contributed by atoms with E-state index in [1.807, 2.05) is 10.9 Å². The van der Waals surface area contributed by atoms with Crippen molar-refractivity contribution in [1.29, 1.82) is 0 Å². The van der Waals surface area contributed by atoms with Gasteiger partial charge < -0.3 is 15.0 Å². The van der Waals surface area contributed by atoms with Gasteiger partial charge in [-0.3, -0.25) is 9.78 Å². The SMILES string of the molecule is CC(c1cc(-n2ccc(N3CC4COCC4C3)n2)c2c(n1)CNC2=O)C1CC1. The molecule has 0 aromatic carbocycles. The molecule has 1 saturated carbocycles. The van der Waals surface area contributed by atoms with E-state index in [-0.39, 0.29) is 5.91 Å². The number of amides is 1. The van der Waals surface area contributed by atoms with Gasteiger partial charge in [-0.15, -0.1) is 0 Å². The predicted octanol–water partition coefficient (Wildman–Crippen LogP) is 2.11. The number of anilines is 1. The van der Waals surface area contributed by atoms with E-state index < -0.39 is 0 Å². The van der Waals surface area contributed by atoms with Crippen LogP contribution in [-0.2, 0) is 11.3 Å². The Hall–Kier alpha value is -2.41. The van der Waals surface area contributed by atoms with Crippen molar-refractivity contribution in [1.82, 2.24) is 20.1 Å². The maximum atomic E-state index is 12.5. The summed E-state index contributed by atoms with van der Waals surface area (Å²) in [6.07, 6.45) is 4.53.